The third-order valence-corrected chi connectivity index (χ3v) is 5.65. The van der Waals surface area contributed by atoms with E-state index in [1.165, 1.54) is 44.6 Å². The Morgan fingerprint density at radius 1 is 1.38 bits per heavy atom. The van der Waals surface area contributed by atoms with Crippen molar-refractivity contribution in [3.63, 3.8) is 0 Å². The molecular formula is C17H30N4. The van der Waals surface area contributed by atoms with Crippen molar-refractivity contribution in [2.24, 2.45) is 13.0 Å². The number of aryl methyl sites for hydroxylation is 1. The van der Waals surface area contributed by atoms with E-state index in [0.717, 1.165) is 13.0 Å². The third kappa shape index (κ3) is 3.02. The summed E-state index contributed by atoms with van der Waals surface area (Å²) in [4.78, 5) is 7.28. The van der Waals surface area contributed by atoms with Crippen LogP contribution in [0.3, 0.4) is 0 Å². The molecule has 1 saturated heterocycles. The number of nitrogens with one attached hydrogen (secondary N) is 1. The van der Waals surface area contributed by atoms with Crippen molar-refractivity contribution in [1.82, 2.24) is 19.8 Å². The van der Waals surface area contributed by atoms with E-state index in [1.807, 2.05) is 6.20 Å². The minimum atomic E-state index is 0.427. The molecule has 1 aliphatic carbocycles. The lowest BCUT2D eigenvalue weighted by Crippen LogP contribution is -2.64. The van der Waals surface area contributed by atoms with Gasteiger partial charge in [0.15, 0.2) is 0 Å². The predicted molar refractivity (Wildman–Crippen MR) is 86.3 cm³/mol. The van der Waals surface area contributed by atoms with Crippen LogP contribution in [-0.2, 0) is 13.5 Å². The van der Waals surface area contributed by atoms with Gasteiger partial charge in [0.1, 0.15) is 5.82 Å². The molecule has 21 heavy (non-hydrogen) atoms. The van der Waals surface area contributed by atoms with Crippen molar-refractivity contribution in [1.29, 1.82) is 0 Å². The lowest BCUT2D eigenvalue weighted by Gasteiger charge is -2.49. The van der Waals surface area contributed by atoms with Crippen LogP contribution in [0.25, 0.3) is 0 Å². The molecule has 0 bridgehead atoms. The first kappa shape index (κ1) is 15.0. The number of rotatable bonds is 4. The fourth-order valence-electron chi connectivity index (χ4n) is 4.10. The Kier molecular flexibility index (Phi) is 4.36. The van der Waals surface area contributed by atoms with Crippen LogP contribution in [0.1, 0.15) is 45.4 Å². The molecule has 118 valence electrons. The van der Waals surface area contributed by atoms with Gasteiger partial charge in [0.25, 0.3) is 0 Å². The van der Waals surface area contributed by atoms with Gasteiger partial charge in [0, 0.05) is 57.1 Å². The summed E-state index contributed by atoms with van der Waals surface area (Å²) in [6.07, 6.45) is 10.6. The third-order valence-electron chi connectivity index (χ3n) is 5.65. The molecule has 1 aromatic heterocycles. The van der Waals surface area contributed by atoms with Crippen LogP contribution >= 0.6 is 0 Å². The molecule has 1 unspecified atom stereocenters. The fourth-order valence-corrected chi connectivity index (χ4v) is 4.10. The monoisotopic (exact) mass is 290 g/mol. The molecule has 1 N–H and O–H groups in total. The van der Waals surface area contributed by atoms with Crippen molar-refractivity contribution in [3.05, 3.63) is 18.2 Å². The topological polar surface area (TPSA) is 33.1 Å². The first-order valence-electron chi connectivity index (χ1n) is 8.55. The molecule has 0 radical (unpaired) electrons. The highest BCUT2D eigenvalue weighted by atomic mass is 15.3. The Morgan fingerprint density at radius 3 is 2.76 bits per heavy atom. The van der Waals surface area contributed by atoms with Crippen LogP contribution in [0, 0.1) is 5.92 Å². The van der Waals surface area contributed by atoms with Gasteiger partial charge in [-0.1, -0.05) is 26.7 Å². The molecule has 1 saturated carbocycles. The second-order valence-corrected chi connectivity index (χ2v) is 7.31. The summed E-state index contributed by atoms with van der Waals surface area (Å²) < 4.78 is 2.16. The standard InChI is InChI=1S/C17H30N4/c1-14(2)15-12-21(10-6-16-18-9-11-20(16)3)17(13-19-15)7-4-5-8-17/h9,11,14-15,19H,4-8,10,12-13H2,1-3H3. The number of hydrogen-bond acceptors (Lipinski definition) is 3. The molecule has 2 heterocycles. The maximum atomic E-state index is 4.49. The lowest BCUT2D eigenvalue weighted by atomic mass is 9.88. The number of hydrogen-bond donors (Lipinski definition) is 1. The average molecular weight is 290 g/mol. The lowest BCUT2D eigenvalue weighted by molar-refractivity contribution is 0.0335. The molecular weight excluding hydrogens is 260 g/mol. The second-order valence-electron chi connectivity index (χ2n) is 7.31. The summed E-state index contributed by atoms with van der Waals surface area (Å²) >= 11 is 0. The maximum Gasteiger partial charge on any atom is 0.109 e. The van der Waals surface area contributed by atoms with E-state index in [0.29, 0.717) is 17.5 Å². The first-order chi connectivity index (χ1) is 10.1. The Hall–Kier alpha value is -0.870. The van der Waals surface area contributed by atoms with Gasteiger partial charge >= 0.3 is 0 Å². The maximum absolute atomic E-state index is 4.49. The second kappa shape index (κ2) is 6.09. The van der Waals surface area contributed by atoms with Gasteiger partial charge in [0.2, 0.25) is 0 Å². The van der Waals surface area contributed by atoms with E-state index >= 15 is 0 Å². The van der Waals surface area contributed by atoms with Gasteiger partial charge in [-0.25, -0.2) is 4.98 Å². The molecule has 2 aliphatic rings. The van der Waals surface area contributed by atoms with E-state index in [1.54, 1.807) is 0 Å². The van der Waals surface area contributed by atoms with Crippen LogP contribution in [0.15, 0.2) is 12.4 Å². The molecule has 1 spiro atoms. The minimum Gasteiger partial charge on any atom is -0.338 e. The smallest absolute Gasteiger partial charge is 0.109 e. The Morgan fingerprint density at radius 2 is 2.14 bits per heavy atom. The van der Waals surface area contributed by atoms with Crippen molar-refractivity contribution in [2.75, 3.05) is 19.6 Å². The number of aromatic nitrogens is 2. The van der Waals surface area contributed by atoms with Crippen LogP contribution in [0.5, 0.6) is 0 Å². The van der Waals surface area contributed by atoms with Crippen LogP contribution in [0.4, 0.5) is 0 Å². The Balaban J connectivity index is 1.69. The van der Waals surface area contributed by atoms with E-state index in [4.69, 9.17) is 0 Å². The zero-order chi connectivity index (χ0) is 14.9. The highest BCUT2D eigenvalue weighted by Gasteiger charge is 2.43. The van der Waals surface area contributed by atoms with Crippen molar-refractivity contribution in [2.45, 2.75) is 57.5 Å². The summed E-state index contributed by atoms with van der Waals surface area (Å²) in [5.74, 6) is 1.92. The van der Waals surface area contributed by atoms with Gasteiger partial charge in [0.05, 0.1) is 0 Å². The highest BCUT2D eigenvalue weighted by molar-refractivity contribution is 5.03. The van der Waals surface area contributed by atoms with E-state index in [2.05, 4.69) is 46.9 Å². The quantitative estimate of drug-likeness (QED) is 0.923. The molecule has 1 aromatic rings. The molecule has 4 heteroatoms. The molecule has 0 amide bonds. The SMILES string of the molecule is CC(C)C1CN(CCc2nccn2C)C2(CCCC2)CN1. The highest BCUT2D eigenvalue weighted by Crippen LogP contribution is 2.37. The van der Waals surface area contributed by atoms with Gasteiger partial charge in [-0.3, -0.25) is 4.90 Å². The normalized spacial score (nSPS) is 26.0. The Labute approximate surface area is 128 Å². The molecule has 0 aromatic carbocycles. The summed E-state index contributed by atoms with van der Waals surface area (Å²) in [6.45, 7) is 8.19. The summed E-state index contributed by atoms with van der Waals surface area (Å²) in [5.41, 5.74) is 0.427. The zero-order valence-electron chi connectivity index (χ0n) is 13.8. The molecule has 1 atom stereocenters. The van der Waals surface area contributed by atoms with Crippen molar-refractivity contribution in [3.8, 4) is 0 Å². The number of nitrogens with zero attached hydrogens (tertiary/aromatic N) is 3. The largest absolute Gasteiger partial charge is 0.338 e. The van der Waals surface area contributed by atoms with E-state index in [-0.39, 0.29) is 0 Å². The summed E-state index contributed by atoms with van der Waals surface area (Å²) in [6, 6.07) is 0.637. The van der Waals surface area contributed by atoms with Crippen molar-refractivity contribution >= 4 is 0 Å². The fraction of sp³-hybridized carbons (Fsp3) is 0.824. The van der Waals surface area contributed by atoms with E-state index in [9.17, 15) is 0 Å². The van der Waals surface area contributed by atoms with E-state index < -0.39 is 0 Å². The average Bonchev–Trinajstić information content (AvgIpc) is 3.08. The Bertz CT molecular complexity index is 459. The first-order valence-corrected chi connectivity index (χ1v) is 8.55. The van der Waals surface area contributed by atoms with Gasteiger partial charge in [-0.2, -0.15) is 0 Å². The minimum absolute atomic E-state index is 0.427. The van der Waals surface area contributed by atoms with Crippen LogP contribution in [-0.4, -0.2) is 45.7 Å². The van der Waals surface area contributed by atoms with Gasteiger partial charge in [-0.15, -0.1) is 0 Å². The zero-order valence-corrected chi connectivity index (χ0v) is 13.8. The number of piperazine rings is 1. The van der Waals surface area contributed by atoms with Gasteiger partial charge in [-0.05, 0) is 18.8 Å². The molecule has 4 nitrogen and oxygen atoms in total. The summed E-state index contributed by atoms with van der Waals surface area (Å²) in [5, 5.41) is 3.82. The van der Waals surface area contributed by atoms with Crippen molar-refractivity contribution < 1.29 is 0 Å². The molecule has 3 rings (SSSR count). The number of imidazole rings is 1. The van der Waals surface area contributed by atoms with Gasteiger partial charge < -0.3 is 9.88 Å². The van der Waals surface area contributed by atoms with Crippen LogP contribution in [0.2, 0.25) is 0 Å². The molecule has 1 aliphatic heterocycles. The predicted octanol–water partition coefficient (Wildman–Crippen LogP) is 2.21. The van der Waals surface area contributed by atoms with Crippen LogP contribution < -0.4 is 5.32 Å². The summed E-state index contributed by atoms with van der Waals surface area (Å²) in [7, 11) is 2.10. The molecule has 2 fully saturated rings.